The van der Waals surface area contributed by atoms with Gasteiger partial charge in [-0.15, -0.1) is 11.3 Å². The second kappa shape index (κ2) is 10.2. The van der Waals surface area contributed by atoms with Crippen molar-refractivity contribution in [2.45, 2.75) is 11.4 Å². The van der Waals surface area contributed by atoms with Crippen molar-refractivity contribution < 1.29 is 21.9 Å². The summed E-state index contributed by atoms with van der Waals surface area (Å²) in [7, 11) is -2.27. The summed E-state index contributed by atoms with van der Waals surface area (Å²) in [5.41, 5.74) is 1.67. The maximum Gasteiger partial charge on any atom is 0.272 e. The number of hydrogen-bond donors (Lipinski definition) is 2. The number of pyridine rings is 1. The van der Waals surface area contributed by atoms with Gasteiger partial charge in [-0.3, -0.25) is 4.79 Å². The molecule has 38 heavy (non-hydrogen) atoms. The van der Waals surface area contributed by atoms with E-state index in [4.69, 9.17) is 27.9 Å². The number of thiophene rings is 1. The predicted octanol–water partition coefficient (Wildman–Crippen LogP) is 6.45. The fourth-order valence-corrected chi connectivity index (χ4v) is 7.17. The number of nitrogens with one attached hydrogen (secondary N) is 2. The highest BCUT2D eigenvalue weighted by Gasteiger charge is 2.22. The van der Waals surface area contributed by atoms with Crippen LogP contribution in [0.25, 0.3) is 22.0 Å². The van der Waals surface area contributed by atoms with E-state index in [1.54, 1.807) is 42.1 Å². The van der Waals surface area contributed by atoms with E-state index in [0.717, 1.165) is 17.4 Å². The summed E-state index contributed by atoms with van der Waals surface area (Å²) in [5, 5.41) is 0.595. The fourth-order valence-electron chi connectivity index (χ4n) is 4.01. The molecule has 5 aromatic rings. The lowest BCUT2D eigenvalue weighted by Gasteiger charge is -2.14. The molecule has 0 saturated carbocycles. The van der Waals surface area contributed by atoms with Gasteiger partial charge < -0.3 is 14.3 Å². The normalized spacial score (nSPS) is 11.8. The number of rotatable bonds is 7. The molecule has 0 aliphatic rings. The number of H-pyrrole nitrogens is 1. The van der Waals surface area contributed by atoms with Crippen molar-refractivity contribution in [1.82, 2.24) is 14.3 Å². The van der Waals surface area contributed by atoms with Crippen molar-refractivity contribution in [1.29, 1.82) is 0 Å². The number of sulfonamides is 1. The van der Waals surface area contributed by atoms with Crippen molar-refractivity contribution in [2.24, 2.45) is 7.05 Å². The summed E-state index contributed by atoms with van der Waals surface area (Å²) in [4.78, 5) is 14.9. The molecule has 0 unspecified atom stereocenters. The van der Waals surface area contributed by atoms with Gasteiger partial charge in [0, 0.05) is 48.6 Å². The number of benzene rings is 2. The van der Waals surface area contributed by atoms with Crippen molar-refractivity contribution in [3.63, 3.8) is 0 Å². The minimum Gasteiger partial charge on any atom is -0.454 e. The van der Waals surface area contributed by atoms with Gasteiger partial charge in [0.2, 0.25) is 10.0 Å². The zero-order valence-electron chi connectivity index (χ0n) is 19.4. The zero-order valence-corrected chi connectivity index (χ0v) is 22.5. The number of aryl methyl sites for hydroxylation is 1. The van der Waals surface area contributed by atoms with Crippen molar-refractivity contribution in [3.8, 4) is 22.6 Å². The van der Waals surface area contributed by atoms with Crippen molar-refractivity contribution in [3.05, 3.63) is 97.1 Å². The molecule has 0 bridgehead atoms. The van der Waals surface area contributed by atoms with Crippen LogP contribution in [0.4, 0.5) is 8.78 Å². The van der Waals surface area contributed by atoms with Crippen LogP contribution >= 0.6 is 34.5 Å². The first-order valence-corrected chi connectivity index (χ1v) is 14.0. The summed E-state index contributed by atoms with van der Waals surface area (Å²) in [5.74, 6) is -1.64. The van der Waals surface area contributed by atoms with E-state index in [9.17, 15) is 22.0 Å². The van der Waals surface area contributed by atoms with Gasteiger partial charge in [0.05, 0.1) is 4.34 Å². The molecule has 0 radical (unpaired) electrons. The van der Waals surface area contributed by atoms with E-state index in [0.29, 0.717) is 33.7 Å². The molecule has 13 heteroatoms. The van der Waals surface area contributed by atoms with Gasteiger partial charge >= 0.3 is 0 Å². The smallest absolute Gasteiger partial charge is 0.272 e. The third-order valence-electron chi connectivity index (χ3n) is 5.73. The van der Waals surface area contributed by atoms with Gasteiger partial charge in [-0.2, -0.15) is 0 Å². The monoisotopic (exact) mass is 595 g/mol. The Labute approximate surface area is 229 Å². The summed E-state index contributed by atoms with van der Waals surface area (Å²) in [6.07, 6.45) is 3.21. The maximum atomic E-state index is 14.4. The van der Waals surface area contributed by atoms with Gasteiger partial charge in [0.1, 0.15) is 26.3 Å². The van der Waals surface area contributed by atoms with Crippen LogP contribution in [-0.2, 0) is 23.6 Å². The Morgan fingerprint density at radius 2 is 1.82 bits per heavy atom. The highest BCUT2D eigenvalue weighted by molar-refractivity contribution is 7.89. The Bertz CT molecular complexity index is 1870. The Morgan fingerprint density at radius 3 is 2.53 bits per heavy atom. The summed E-state index contributed by atoms with van der Waals surface area (Å²) in [6.45, 7) is -0.115. The minimum atomic E-state index is -3.97. The topological polar surface area (TPSA) is 93.2 Å². The summed E-state index contributed by atoms with van der Waals surface area (Å²) >= 11 is 12.9. The number of halogens is 4. The lowest BCUT2D eigenvalue weighted by Crippen LogP contribution is -2.23. The van der Waals surface area contributed by atoms with Crippen molar-refractivity contribution in [2.75, 3.05) is 0 Å². The number of aromatic amines is 1. The second-order valence-corrected chi connectivity index (χ2v) is 12.3. The van der Waals surface area contributed by atoms with Crippen LogP contribution in [-0.4, -0.2) is 18.0 Å². The Hall–Kier alpha value is -3.22. The average Bonchev–Trinajstić information content (AvgIpc) is 3.39. The Kier molecular flexibility index (Phi) is 7.05. The first-order chi connectivity index (χ1) is 18.0. The standard InChI is InChI=1S/C25H17Cl2F2N3O4S2/c1-32-12-17(15-6-7-30-25(33)23(15)32)16-8-13(11-31-38(34,35)21-10-22(26)37-24(21)27)2-4-19(16)36-20-5-3-14(28)9-18(20)29/h2-10,12,31H,11H2,1H3,(H,30,33). The first kappa shape index (κ1) is 26.4. The van der Waals surface area contributed by atoms with Crippen LogP contribution in [0.1, 0.15) is 5.56 Å². The van der Waals surface area contributed by atoms with Crippen LogP contribution < -0.4 is 15.0 Å². The molecule has 0 atom stereocenters. The molecule has 3 aromatic heterocycles. The average molecular weight is 596 g/mol. The molecule has 0 aliphatic carbocycles. The van der Waals surface area contributed by atoms with Crippen LogP contribution in [0.3, 0.4) is 0 Å². The van der Waals surface area contributed by atoms with Crippen LogP contribution in [0, 0.1) is 11.6 Å². The number of hydrogen-bond acceptors (Lipinski definition) is 5. The first-order valence-electron chi connectivity index (χ1n) is 10.9. The number of aromatic nitrogens is 2. The lowest BCUT2D eigenvalue weighted by molar-refractivity contribution is 0.439. The zero-order chi connectivity index (χ0) is 27.2. The number of nitrogens with zero attached hydrogens (tertiary/aromatic N) is 1. The van der Waals surface area contributed by atoms with E-state index < -0.39 is 21.7 Å². The van der Waals surface area contributed by atoms with Crippen molar-refractivity contribution >= 4 is 55.5 Å². The molecule has 0 spiro atoms. The van der Waals surface area contributed by atoms with Gasteiger partial charge in [0.25, 0.3) is 5.56 Å². The lowest BCUT2D eigenvalue weighted by atomic mass is 10.0. The Balaban J connectivity index is 1.58. The van der Waals surface area contributed by atoms with E-state index in [-0.39, 0.29) is 37.2 Å². The molecular weight excluding hydrogens is 579 g/mol. The molecule has 0 fully saturated rings. The molecule has 7 nitrogen and oxygen atoms in total. The van der Waals surface area contributed by atoms with E-state index in [1.165, 1.54) is 18.3 Å². The molecule has 2 N–H and O–H groups in total. The van der Waals surface area contributed by atoms with E-state index in [2.05, 4.69) is 9.71 Å². The van der Waals surface area contributed by atoms with Crippen LogP contribution in [0.2, 0.25) is 8.67 Å². The maximum absolute atomic E-state index is 14.4. The van der Waals surface area contributed by atoms with Crippen LogP contribution in [0.15, 0.2) is 70.6 Å². The molecule has 0 saturated heterocycles. The molecular formula is C25H17Cl2F2N3O4S2. The highest BCUT2D eigenvalue weighted by atomic mass is 35.5. The van der Waals surface area contributed by atoms with Gasteiger partial charge in [-0.05, 0) is 42.0 Å². The Morgan fingerprint density at radius 1 is 1.05 bits per heavy atom. The molecule has 3 heterocycles. The molecule has 5 rings (SSSR count). The third-order valence-corrected chi connectivity index (χ3v) is 8.88. The van der Waals surface area contributed by atoms with Crippen LogP contribution in [0.5, 0.6) is 11.5 Å². The van der Waals surface area contributed by atoms with Gasteiger partial charge in [0.15, 0.2) is 11.6 Å². The second-order valence-electron chi connectivity index (χ2n) is 8.24. The summed E-state index contributed by atoms with van der Waals surface area (Å²) < 4.78 is 63.6. The highest BCUT2D eigenvalue weighted by Crippen LogP contribution is 2.39. The molecule has 0 aliphatic heterocycles. The predicted molar refractivity (Wildman–Crippen MR) is 144 cm³/mol. The fraction of sp³-hybridized carbons (Fsp3) is 0.0800. The van der Waals surface area contributed by atoms with Gasteiger partial charge in [-0.25, -0.2) is 21.9 Å². The largest absolute Gasteiger partial charge is 0.454 e. The minimum absolute atomic E-state index is 0.0363. The van der Waals surface area contributed by atoms with Gasteiger partial charge in [-0.1, -0.05) is 29.3 Å². The summed E-state index contributed by atoms with van der Waals surface area (Å²) in [6, 6.07) is 10.7. The molecule has 0 amide bonds. The molecule has 196 valence electrons. The number of fused-ring (bicyclic) bond motifs is 1. The van der Waals surface area contributed by atoms with E-state index in [1.807, 2.05) is 0 Å². The molecule has 2 aromatic carbocycles. The SMILES string of the molecule is Cn1cc(-c2cc(CNS(=O)(=O)c3cc(Cl)sc3Cl)ccc2Oc2ccc(F)cc2F)c2cc[nH]c(=O)c21. The quantitative estimate of drug-likeness (QED) is 0.226. The van der Waals surface area contributed by atoms with E-state index >= 15 is 0 Å². The number of ether oxygens (including phenoxy) is 1. The third kappa shape index (κ3) is 5.07.